The molecule has 1 unspecified atom stereocenters. The number of amidine groups is 1. The molecule has 1 spiro atoms. The van der Waals surface area contributed by atoms with Gasteiger partial charge in [-0.3, -0.25) is 9.80 Å². The van der Waals surface area contributed by atoms with E-state index in [-0.39, 0.29) is 12.0 Å². The Balaban J connectivity index is 1.08. The molecule has 8 heteroatoms. The zero-order valence-corrected chi connectivity index (χ0v) is 23.8. The maximum atomic E-state index is 13.1. The Morgan fingerprint density at radius 3 is 2.33 bits per heavy atom. The van der Waals surface area contributed by atoms with Crippen molar-refractivity contribution in [1.82, 2.24) is 9.80 Å². The summed E-state index contributed by atoms with van der Waals surface area (Å²) >= 11 is 6.42. The van der Waals surface area contributed by atoms with E-state index >= 15 is 0 Å². The van der Waals surface area contributed by atoms with E-state index < -0.39 is 0 Å². The molecule has 3 aliphatic heterocycles. The van der Waals surface area contributed by atoms with Crippen LogP contribution in [0, 0.1) is 28.6 Å². The minimum absolute atomic E-state index is 0.170. The number of amides is 1. The van der Waals surface area contributed by atoms with E-state index in [9.17, 15) is 15.2 Å². The van der Waals surface area contributed by atoms with Gasteiger partial charge in [-0.05, 0) is 93.7 Å². The van der Waals surface area contributed by atoms with Crippen molar-refractivity contribution in [3.8, 4) is 6.07 Å². The van der Waals surface area contributed by atoms with E-state index in [1.165, 1.54) is 44.4 Å². The number of aliphatic hydroxyl groups excluding tert-OH is 1. The molecule has 2 saturated heterocycles. The van der Waals surface area contributed by atoms with Crippen LogP contribution in [0.5, 0.6) is 0 Å². The van der Waals surface area contributed by atoms with Crippen molar-refractivity contribution >= 4 is 29.0 Å². The molecular formula is C31H42ClN5O2. The van der Waals surface area contributed by atoms with Crippen LogP contribution >= 0.6 is 11.6 Å². The number of carbonyl (C=O) groups is 1. The summed E-state index contributed by atoms with van der Waals surface area (Å²) < 4.78 is 0. The fourth-order valence-corrected chi connectivity index (χ4v) is 8.18. The van der Waals surface area contributed by atoms with Gasteiger partial charge >= 0.3 is 0 Å². The van der Waals surface area contributed by atoms with Gasteiger partial charge < -0.3 is 14.9 Å². The highest BCUT2D eigenvalue weighted by atomic mass is 35.5. The van der Waals surface area contributed by atoms with Gasteiger partial charge in [0.05, 0.1) is 28.4 Å². The summed E-state index contributed by atoms with van der Waals surface area (Å²) in [6.07, 6.45) is 14.0. The number of rotatable bonds is 3. The van der Waals surface area contributed by atoms with Crippen LogP contribution in [0.3, 0.4) is 0 Å². The van der Waals surface area contributed by atoms with Crippen LogP contribution in [0.15, 0.2) is 23.3 Å². The SMILES string of the molecule is N#Cc1ccc(N2N=C(N3CCC4(CCC(C(=O)N5CCC(O)CC5)CC4)CC3)CC2C2CCCC2)cc1Cl. The normalized spacial score (nSPS) is 26.7. The summed E-state index contributed by atoms with van der Waals surface area (Å²) in [7, 11) is 0. The third-order valence-corrected chi connectivity index (χ3v) is 10.9. The molecule has 3 heterocycles. The van der Waals surface area contributed by atoms with Crippen LogP contribution in [-0.4, -0.2) is 65.0 Å². The largest absolute Gasteiger partial charge is 0.393 e. The second-order valence-corrected chi connectivity index (χ2v) is 13.2. The fourth-order valence-electron chi connectivity index (χ4n) is 7.96. The number of halogens is 1. The first-order valence-corrected chi connectivity index (χ1v) is 15.6. The summed E-state index contributed by atoms with van der Waals surface area (Å²) in [6, 6.07) is 8.25. The molecule has 7 nitrogen and oxygen atoms in total. The molecular weight excluding hydrogens is 510 g/mol. The van der Waals surface area contributed by atoms with E-state index in [1.807, 2.05) is 23.1 Å². The molecule has 5 aliphatic rings. The second-order valence-electron chi connectivity index (χ2n) is 12.8. The number of piperidine rings is 2. The van der Waals surface area contributed by atoms with E-state index in [0.717, 1.165) is 63.7 Å². The number of nitrogens with zero attached hydrogens (tertiary/aromatic N) is 5. The number of likely N-dealkylation sites (tertiary alicyclic amines) is 2. The molecule has 1 aromatic rings. The summed E-state index contributed by atoms with van der Waals surface area (Å²) in [5, 5.41) is 27.0. The molecule has 0 bridgehead atoms. The Bertz CT molecular complexity index is 1120. The molecule has 0 aromatic heterocycles. The third-order valence-electron chi connectivity index (χ3n) is 10.6. The number of anilines is 1. The Kier molecular flexibility index (Phi) is 7.79. The maximum absolute atomic E-state index is 13.1. The van der Waals surface area contributed by atoms with Crippen molar-refractivity contribution in [2.75, 3.05) is 31.2 Å². The molecule has 4 fully saturated rings. The fraction of sp³-hybridized carbons (Fsp3) is 0.710. The monoisotopic (exact) mass is 551 g/mol. The minimum atomic E-state index is -0.235. The Morgan fingerprint density at radius 1 is 1.00 bits per heavy atom. The number of carbonyl (C=O) groups excluding carboxylic acids is 1. The van der Waals surface area contributed by atoms with Gasteiger partial charge in [0.1, 0.15) is 11.9 Å². The molecule has 210 valence electrons. The lowest BCUT2D eigenvalue weighted by Crippen LogP contribution is -2.47. The van der Waals surface area contributed by atoms with Gasteiger partial charge in [-0.1, -0.05) is 24.4 Å². The average molecular weight is 552 g/mol. The van der Waals surface area contributed by atoms with Crippen molar-refractivity contribution in [1.29, 1.82) is 5.26 Å². The smallest absolute Gasteiger partial charge is 0.225 e. The van der Waals surface area contributed by atoms with Crippen LogP contribution < -0.4 is 5.01 Å². The summed E-state index contributed by atoms with van der Waals surface area (Å²) in [5.74, 6) is 2.35. The van der Waals surface area contributed by atoms with Crippen LogP contribution in [0.2, 0.25) is 5.02 Å². The minimum Gasteiger partial charge on any atom is -0.393 e. The number of hydrogen-bond acceptors (Lipinski definition) is 6. The highest BCUT2D eigenvalue weighted by Crippen LogP contribution is 2.47. The van der Waals surface area contributed by atoms with Crippen molar-refractivity contribution in [2.45, 2.75) is 95.6 Å². The molecule has 1 amide bonds. The summed E-state index contributed by atoms with van der Waals surface area (Å²) in [6.45, 7) is 3.51. The van der Waals surface area contributed by atoms with Gasteiger partial charge in [0.15, 0.2) is 0 Å². The first kappa shape index (κ1) is 26.9. The van der Waals surface area contributed by atoms with Gasteiger partial charge in [-0.15, -0.1) is 0 Å². The Hall–Kier alpha value is -2.30. The van der Waals surface area contributed by atoms with E-state index in [0.29, 0.717) is 47.0 Å². The predicted molar refractivity (Wildman–Crippen MR) is 153 cm³/mol. The second kappa shape index (κ2) is 11.3. The molecule has 0 radical (unpaired) electrons. The van der Waals surface area contributed by atoms with Crippen LogP contribution in [0.1, 0.15) is 89.0 Å². The van der Waals surface area contributed by atoms with Gasteiger partial charge in [0, 0.05) is 38.5 Å². The van der Waals surface area contributed by atoms with Crippen molar-refractivity contribution < 1.29 is 9.90 Å². The zero-order valence-electron chi connectivity index (χ0n) is 23.0. The predicted octanol–water partition coefficient (Wildman–Crippen LogP) is 5.55. The van der Waals surface area contributed by atoms with Gasteiger partial charge in [0.25, 0.3) is 0 Å². The Labute approximate surface area is 237 Å². The molecule has 1 aromatic carbocycles. The third kappa shape index (κ3) is 5.52. The van der Waals surface area contributed by atoms with Crippen molar-refractivity contribution in [3.63, 3.8) is 0 Å². The summed E-state index contributed by atoms with van der Waals surface area (Å²) in [5.41, 5.74) is 1.87. The highest BCUT2D eigenvalue weighted by Gasteiger charge is 2.43. The van der Waals surface area contributed by atoms with Crippen LogP contribution in [0.25, 0.3) is 0 Å². The van der Waals surface area contributed by atoms with E-state index in [1.54, 1.807) is 0 Å². The van der Waals surface area contributed by atoms with Crippen molar-refractivity contribution in [2.24, 2.45) is 22.4 Å². The number of nitriles is 1. The topological polar surface area (TPSA) is 83.2 Å². The van der Waals surface area contributed by atoms with Crippen LogP contribution in [-0.2, 0) is 4.79 Å². The first-order valence-electron chi connectivity index (χ1n) is 15.2. The quantitative estimate of drug-likeness (QED) is 0.532. The lowest BCUT2D eigenvalue weighted by atomic mass is 9.65. The van der Waals surface area contributed by atoms with Gasteiger partial charge in [0.2, 0.25) is 5.91 Å². The Morgan fingerprint density at radius 2 is 1.69 bits per heavy atom. The van der Waals surface area contributed by atoms with Crippen LogP contribution in [0.4, 0.5) is 5.69 Å². The lowest BCUT2D eigenvalue weighted by molar-refractivity contribution is -0.139. The van der Waals surface area contributed by atoms with Gasteiger partial charge in [-0.25, -0.2) is 0 Å². The van der Waals surface area contributed by atoms with Gasteiger partial charge in [-0.2, -0.15) is 10.4 Å². The van der Waals surface area contributed by atoms with E-state index in [4.69, 9.17) is 16.7 Å². The molecule has 39 heavy (non-hydrogen) atoms. The number of hydrogen-bond donors (Lipinski definition) is 1. The average Bonchev–Trinajstić information content (AvgIpc) is 3.65. The first-order chi connectivity index (χ1) is 18.9. The molecule has 1 N–H and O–H groups in total. The summed E-state index contributed by atoms with van der Waals surface area (Å²) in [4.78, 5) is 17.6. The molecule has 2 aliphatic carbocycles. The highest BCUT2D eigenvalue weighted by molar-refractivity contribution is 6.32. The standard InChI is InChI=1S/C31H42ClN5O2/c32-27-19-25(6-5-24(27)21-33)37-28(22-3-1-2-4-22)20-29(34-37)35-17-13-31(14-18-35)11-7-23(8-12-31)30(39)36-15-9-26(38)10-16-36/h5-6,19,22-23,26,28,38H,1-4,7-18,20H2. The lowest BCUT2D eigenvalue weighted by Gasteiger charge is -2.46. The number of benzene rings is 1. The van der Waals surface area contributed by atoms with E-state index in [2.05, 4.69) is 16.0 Å². The molecule has 1 atom stereocenters. The number of aliphatic hydroxyl groups is 1. The zero-order chi connectivity index (χ0) is 27.0. The maximum Gasteiger partial charge on any atom is 0.225 e. The molecule has 2 saturated carbocycles. The van der Waals surface area contributed by atoms with Crippen molar-refractivity contribution in [3.05, 3.63) is 28.8 Å². The number of hydrazone groups is 1. The molecule has 6 rings (SSSR count).